The van der Waals surface area contributed by atoms with Crippen molar-refractivity contribution in [3.05, 3.63) is 41.2 Å². The molecule has 2 atom stereocenters. The van der Waals surface area contributed by atoms with Crippen LogP contribution in [-0.2, 0) is 6.42 Å². The molecular formula is C14H15N5. The van der Waals surface area contributed by atoms with E-state index in [1.54, 1.807) is 0 Å². The van der Waals surface area contributed by atoms with Gasteiger partial charge in [0.1, 0.15) is 5.82 Å². The van der Waals surface area contributed by atoms with E-state index in [4.69, 9.17) is 11.0 Å². The normalized spacial score (nSPS) is 21.7. The number of benzene rings is 1. The summed E-state index contributed by atoms with van der Waals surface area (Å²) in [5, 5.41) is 13.3. The Morgan fingerprint density at radius 1 is 1.47 bits per heavy atom. The first-order valence-corrected chi connectivity index (χ1v) is 6.40. The molecule has 2 aromatic rings. The lowest BCUT2D eigenvalue weighted by Crippen LogP contribution is -2.24. The van der Waals surface area contributed by atoms with Crippen LogP contribution in [0.15, 0.2) is 24.3 Å². The summed E-state index contributed by atoms with van der Waals surface area (Å²) in [4.78, 5) is 4.24. The summed E-state index contributed by atoms with van der Waals surface area (Å²) < 4.78 is 1.92. The number of nitrogen functional groups attached to an aromatic ring is 1. The van der Waals surface area contributed by atoms with Gasteiger partial charge in [-0.3, -0.25) is 0 Å². The largest absolute Gasteiger partial charge is 0.366 e. The third kappa shape index (κ3) is 1.95. The minimum atomic E-state index is 0.211. The van der Waals surface area contributed by atoms with Gasteiger partial charge in [0, 0.05) is 12.3 Å². The van der Waals surface area contributed by atoms with Gasteiger partial charge in [0.2, 0.25) is 5.95 Å². The Morgan fingerprint density at radius 2 is 2.32 bits per heavy atom. The van der Waals surface area contributed by atoms with Crippen molar-refractivity contribution in [2.45, 2.75) is 31.7 Å². The van der Waals surface area contributed by atoms with Crippen LogP contribution in [-0.4, -0.2) is 14.8 Å². The fourth-order valence-electron chi connectivity index (χ4n) is 2.85. The summed E-state index contributed by atoms with van der Waals surface area (Å²) in [6.45, 7) is 2.13. The minimum Gasteiger partial charge on any atom is -0.366 e. The van der Waals surface area contributed by atoms with Gasteiger partial charge in [-0.05, 0) is 31.0 Å². The Kier molecular flexibility index (Phi) is 2.71. The minimum absolute atomic E-state index is 0.211. The highest BCUT2D eigenvalue weighted by molar-refractivity contribution is 5.35. The van der Waals surface area contributed by atoms with Crippen molar-refractivity contribution in [1.29, 1.82) is 5.26 Å². The van der Waals surface area contributed by atoms with E-state index in [2.05, 4.69) is 29.1 Å². The lowest BCUT2D eigenvalue weighted by atomic mass is 9.85. The van der Waals surface area contributed by atoms with Crippen LogP contribution in [0, 0.1) is 11.3 Å². The van der Waals surface area contributed by atoms with E-state index in [0.717, 1.165) is 18.7 Å². The van der Waals surface area contributed by atoms with E-state index >= 15 is 0 Å². The molecule has 2 N–H and O–H groups in total. The molecule has 1 aliphatic heterocycles. The molecule has 2 heterocycles. The molecule has 5 heteroatoms. The molecule has 1 aliphatic rings. The molecule has 0 spiro atoms. The smallest absolute Gasteiger partial charge is 0.239 e. The second-order valence-corrected chi connectivity index (χ2v) is 4.95. The van der Waals surface area contributed by atoms with Gasteiger partial charge in [-0.25, -0.2) is 4.68 Å². The summed E-state index contributed by atoms with van der Waals surface area (Å²) in [7, 11) is 0. The predicted octanol–water partition coefficient (Wildman–Crippen LogP) is 2.02. The number of nitrogens with two attached hydrogens (primary N) is 1. The van der Waals surface area contributed by atoms with Gasteiger partial charge in [-0.1, -0.05) is 12.1 Å². The van der Waals surface area contributed by atoms with Crippen LogP contribution < -0.4 is 5.73 Å². The number of hydrogen-bond donors (Lipinski definition) is 1. The highest BCUT2D eigenvalue weighted by Crippen LogP contribution is 2.37. The maximum Gasteiger partial charge on any atom is 0.239 e. The van der Waals surface area contributed by atoms with Crippen molar-refractivity contribution in [1.82, 2.24) is 14.8 Å². The molecule has 1 aromatic carbocycles. The summed E-state index contributed by atoms with van der Waals surface area (Å²) in [5.41, 5.74) is 7.55. The van der Waals surface area contributed by atoms with Crippen molar-refractivity contribution >= 4 is 5.95 Å². The lowest BCUT2D eigenvalue weighted by molar-refractivity contribution is 0.338. The second-order valence-electron chi connectivity index (χ2n) is 4.95. The third-order valence-electron chi connectivity index (χ3n) is 3.81. The van der Waals surface area contributed by atoms with Gasteiger partial charge in [0.15, 0.2) is 0 Å². The first kappa shape index (κ1) is 11.7. The number of hydrogen-bond acceptors (Lipinski definition) is 4. The predicted molar refractivity (Wildman–Crippen MR) is 71.4 cm³/mol. The van der Waals surface area contributed by atoms with Crippen molar-refractivity contribution in [2.24, 2.45) is 0 Å². The number of rotatable bonds is 1. The van der Waals surface area contributed by atoms with Crippen LogP contribution in [0.25, 0.3) is 0 Å². The quantitative estimate of drug-likeness (QED) is 0.843. The number of aromatic nitrogens is 3. The van der Waals surface area contributed by atoms with E-state index in [9.17, 15) is 0 Å². The van der Waals surface area contributed by atoms with Crippen LogP contribution in [0.4, 0.5) is 5.95 Å². The number of aryl methyl sites for hydroxylation is 1. The molecule has 2 unspecified atom stereocenters. The average Bonchev–Trinajstić information content (AvgIpc) is 2.81. The van der Waals surface area contributed by atoms with E-state index in [0.29, 0.717) is 17.4 Å². The van der Waals surface area contributed by atoms with Gasteiger partial charge in [0.25, 0.3) is 0 Å². The number of anilines is 1. The Balaban J connectivity index is 1.97. The monoisotopic (exact) mass is 253 g/mol. The summed E-state index contributed by atoms with van der Waals surface area (Å²) >= 11 is 0. The SMILES string of the molecule is CC1C(c2cccc(C#N)c2)CCc2nc(N)nn21. The Bertz CT molecular complexity index is 652. The van der Waals surface area contributed by atoms with Crippen LogP contribution in [0.1, 0.15) is 42.3 Å². The molecule has 0 bridgehead atoms. The van der Waals surface area contributed by atoms with Gasteiger partial charge in [-0.2, -0.15) is 10.2 Å². The molecule has 0 aliphatic carbocycles. The molecule has 96 valence electrons. The van der Waals surface area contributed by atoms with Crippen LogP contribution in [0.3, 0.4) is 0 Å². The molecule has 0 amide bonds. The number of nitriles is 1. The molecule has 1 aromatic heterocycles. The van der Waals surface area contributed by atoms with Gasteiger partial charge in [-0.15, -0.1) is 5.10 Å². The van der Waals surface area contributed by atoms with Gasteiger partial charge >= 0.3 is 0 Å². The van der Waals surface area contributed by atoms with E-state index in [1.165, 1.54) is 5.56 Å². The Labute approximate surface area is 111 Å². The van der Waals surface area contributed by atoms with Crippen LogP contribution in [0.2, 0.25) is 0 Å². The fourth-order valence-corrected chi connectivity index (χ4v) is 2.85. The first-order valence-electron chi connectivity index (χ1n) is 6.40. The molecule has 0 fully saturated rings. The summed E-state index contributed by atoms with van der Waals surface area (Å²) in [5.74, 6) is 1.65. The standard InChI is InChI=1S/C14H15N5/c1-9-12(11-4-2-3-10(7-11)8-15)5-6-13-17-14(16)18-19(9)13/h2-4,7,9,12H,5-6H2,1H3,(H2,16,18). The Hall–Kier alpha value is -2.35. The highest BCUT2D eigenvalue weighted by Gasteiger charge is 2.29. The zero-order valence-corrected chi connectivity index (χ0v) is 10.7. The third-order valence-corrected chi connectivity index (χ3v) is 3.81. The molecule has 0 saturated carbocycles. The van der Waals surface area contributed by atoms with E-state index in [1.807, 2.05) is 22.9 Å². The maximum atomic E-state index is 8.99. The van der Waals surface area contributed by atoms with E-state index in [-0.39, 0.29) is 6.04 Å². The number of fused-ring (bicyclic) bond motifs is 1. The maximum absolute atomic E-state index is 8.99. The molecule has 0 radical (unpaired) electrons. The molecule has 19 heavy (non-hydrogen) atoms. The van der Waals surface area contributed by atoms with Crippen molar-refractivity contribution < 1.29 is 0 Å². The lowest BCUT2D eigenvalue weighted by Gasteiger charge is -2.29. The number of nitrogens with zero attached hydrogens (tertiary/aromatic N) is 4. The van der Waals surface area contributed by atoms with Gasteiger partial charge < -0.3 is 5.73 Å². The average molecular weight is 253 g/mol. The van der Waals surface area contributed by atoms with Crippen molar-refractivity contribution in [2.75, 3.05) is 5.73 Å². The van der Waals surface area contributed by atoms with Crippen molar-refractivity contribution in [3.8, 4) is 6.07 Å². The zero-order chi connectivity index (χ0) is 13.4. The fraction of sp³-hybridized carbons (Fsp3) is 0.357. The first-order chi connectivity index (χ1) is 9.19. The molecule has 0 saturated heterocycles. The zero-order valence-electron chi connectivity index (χ0n) is 10.7. The highest BCUT2D eigenvalue weighted by atomic mass is 15.4. The second kappa shape index (κ2) is 4.39. The van der Waals surface area contributed by atoms with Crippen LogP contribution >= 0.6 is 0 Å². The van der Waals surface area contributed by atoms with E-state index < -0.39 is 0 Å². The Morgan fingerprint density at radius 3 is 3.11 bits per heavy atom. The summed E-state index contributed by atoms with van der Waals surface area (Å²) in [6.07, 6.45) is 1.88. The molecule has 3 rings (SSSR count). The van der Waals surface area contributed by atoms with Crippen molar-refractivity contribution in [3.63, 3.8) is 0 Å². The summed E-state index contributed by atoms with van der Waals surface area (Å²) in [6, 6.07) is 10.2. The molecular weight excluding hydrogens is 238 g/mol. The van der Waals surface area contributed by atoms with Gasteiger partial charge in [0.05, 0.1) is 17.7 Å². The topological polar surface area (TPSA) is 80.5 Å². The van der Waals surface area contributed by atoms with Crippen LogP contribution in [0.5, 0.6) is 0 Å². The molecule has 5 nitrogen and oxygen atoms in total.